The molecule has 0 heterocycles. The van der Waals surface area contributed by atoms with E-state index in [-0.39, 0.29) is 36.4 Å². The minimum absolute atomic E-state index is 0.0892. The summed E-state index contributed by atoms with van der Waals surface area (Å²) in [5.74, 6) is -1.16. The second-order valence-corrected chi connectivity index (χ2v) is 13.8. The predicted molar refractivity (Wildman–Crippen MR) is 136 cm³/mol. The molecule has 4 rings (SSSR count). The van der Waals surface area contributed by atoms with Crippen LogP contribution >= 0.6 is 0 Å². The Balaban J connectivity index is 1.66. The molecule has 4 aliphatic carbocycles. The molecule has 5 unspecified atom stereocenters. The lowest BCUT2D eigenvalue weighted by atomic mass is 9.45. The van der Waals surface area contributed by atoms with Crippen molar-refractivity contribution in [1.29, 1.82) is 0 Å². The Hall–Kier alpha value is -0.830. The first-order valence-electron chi connectivity index (χ1n) is 13.9. The molecule has 206 valence electrons. The van der Waals surface area contributed by atoms with Gasteiger partial charge in [0.05, 0.1) is 35.1 Å². The summed E-state index contributed by atoms with van der Waals surface area (Å²) >= 11 is 0. The summed E-state index contributed by atoms with van der Waals surface area (Å²) in [4.78, 5) is 13.3. The fourth-order valence-corrected chi connectivity index (χ4v) is 9.00. The molecule has 7 nitrogen and oxygen atoms in total. The van der Waals surface area contributed by atoms with E-state index in [9.17, 15) is 35.4 Å². The van der Waals surface area contributed by atoms with Gasteiger partial charge >= 0.3 is 0 Å². The Bertz CT molecular complexity index is 906. The fourth-order valence-electron chi connectivity index (χ4n) is 9.00. The Kier molecular flexibility index (Phi) is 6.93. The lowest BCUT2D eigenvalue weighted by Crippen LogP contribution is -2.63. The number of aliphatic hydroxyl groups excluding tert-OH is 3. The summed E-state index contributed by atoms with van der Waals surface area (Å²) < 4.78 is 0. The zero-order chi connectivity index (χ0) is 27.1. The third kappa shape index (κ3) is 3.95. The molecule has 3 fully saturated rings. The second-order valence-electron chi connectivity index (χ2n) is 13.8. The first-order valence-corrected chi connectivity index (χ1v) is 13.9. The van der Waals surface area contributed by atoms with Gasteiger partial charge in [0, 0.05) is 11.3 Å². The largest absolute Gasteiger partial charge is 0.390 e. The highest BCUT2D eigenvalue weighted by molar-refractivity contribution is 5.95. The molecular formula is C29H48O7. The molecule has 0 aromatic carbocycles. The monoisotopic (exact) mass is 508 g/mol. The average molecular weight is 509 g/mol. The quantitative estimate of drug-likeness (QED) is 0.324. The molecule has 0 radical (unpaired) electrons. The Morgan fingerprint density at radius 3 is 2.28 bits per heavy atom. The van der Waals surface area contributed by atoms with Gasteiger partial charge in [0.25, 0.3) is 0 Å². The zero-order valence-electron chi connectivity index (χ0n) is 22.9. The smallest absolute Gasteiger partial charge is 0.159 e. The molecule has 7 heteroatoms. The average Bonchev–Trinajstić information content (AvgIpc) is 3.05. The van der Waals surface area contributed by atoms with Gasteiger partial charge in [-0.05, 0) is 101 Å². The van der Waals surface area contributed by atoms with Gasteiger partial charge in [-0.1, -0.05) is 27.2 Å². The number of hydrogen-bond donors (Lipinski definition) is 6. The molecule has 0 bridgehead atoms. The second kappa shape index (κ2) is 8.85. The number of allylic oxidation sites excluding steroid dienone is 1. The van der Waals surface area contributed by atoms with Crippen molar-refractivity contribution in [2.24, 2.45) is 34.5 Å². The van der Waals surface area contributed by atoms with Crippen LogP contribution in [0.1, 0.15) is 92.9 Å². The van der Waals surface area contributed by atoms with E-state index in [2.05, 4.69) is 0 Å². The molecule has 11 atom stereocenters. The van der Waals surface area contributed by atoms with E-state index in [1.165, 1.54) is 0 Å². The van der Waals surface area contributed by atoms with Crippen LogP contribution in [-0.4, -0.2) is 71.5 Å². The van der Waals surface area contributed by atoms with Crippen molar-refractivity contribution in [1.82, 2.24) is 0 Å². The Labute approximate surface area is 215 Å². The molecule has 0 aromatic rings. The maximum Gasteiger partial charge on any atom is 0.159 e. The lowest BCUT2D eigenvalue weighted by Gasteiger charge is -2.60. The van der Waals surface area contributed by atoms with Crippen LogP contribution in [0.5, 0.6) is 0 Å². The Morgan fingerprint density at radius 2 is 1.69 bits per heavy atom. The summed E-state index contributed by atoms with van der Waals surface area (Å²) in [5, 5.41) is 66.6. The highest BCUT2D eigenvalue weighted by atomic mass is 16.3. The molecule has 6 N–H and O–H groups in total. The zero-order valence-corrected chi connectivity index (χ0v) is 22.9. The topological polar surface area (TPSA) is 138 Å². The van der Waals surface area contributed by atoms with Crippen molar-refractivity contribution in [2.45, 2.75) is 128 Å². The van der Waals surface area contributed by atoms with E-state index in [0.29, 0.717) is 44.1 Å². The number of aliphatic hydroxyl groups is 6. The molecule has 4 aliphatic rings. The van der Waals surface area contributed by atoms with E-state index < -0.39 is 51.9 Å². The van der Waals surface area contributed by atoms with Crippen molar-refractivity contribution < 1.29 is 35.4 Å². The number of ketones is 1. The van der Waals surface area contributed by atoms with Crippen LogP contribution < -0.4 is 0 Å². The lowest BCUT2D eigenvalue weighted by molar-refractivity contribution is -0.179. The van der Waals surface area contributed by atoms with Crippen LogP contribution in [0.4, 0.5) is 0 Å². The molecule has 3 saturated carbocycles. The van der Waals surface area contributed by atoms with E-state index in [4.69, 9.17) is 0 Å². The predicted octanol–water partition coefficient (Wildman–Crippen LogP) is 2.49. The molecule has 0 aliphatic heterocycles. The molecule has 0 aromatic heterocycles. The van der Waals surface area contributed by atoms with Crippen molar-refractivity contribution in [3.05, 3.63) is 11.6 Å². The van der Waals surface area contributed by atoms with Crippen LogP contribution in [0.3, 0.4) is 0 Å². The minimum atomic E-state index is -1.48. The Morgan fingerprint density at radius 1 is 1.06 bits per heavy atom. The van der Waals surface area contributed by atoms with Gasteiger partial charge in [0.1, 0.15) is 0 Å². The molecule has 0 saturated heterocycles. The third-order valence-electron chi connectivity index (χ3n) is 11.5. The van der Waals surface area contributed by atoms with E-state index in [0.717, 1.165) is 0 Å². The third-order valence-corrected chi connectivity index (χ3v) is 11.5. The van der Waals surface area contributed by atoms with Crippen LogP contribution in [0.15, 0.2) is 11.6 Å². The van der Waals surface area contributed by atoms with Crippen molar-refractivity contribution in [3.63, 3.8) is 0 Å². The number of carbonyl (C=O) groups excluding carboxylic acids is 1. The number of hydrogen-bond acceptors (Lipinski definition) is 7. The van der Waals surface area contributed by atoms with Gasteiger partial charge in [0.15, 0.2) is 5.78 Å². The molecule has 0 amide bonds. The van der Waals surface area contributed by atoms with Gasteiger partial charge in [0.2, 0.25) is 0 Å². The van der Waals surface area contributed by atoms with E-state index >= 15 is 0 Å². The van der Waals surface area contributed by atoms with Gasteiger partial charge in [-0.2, -0.15) is 0 Å². The number of carbonyl (C=O) groups is 1. The first-order chi connectivity index (χ1) is 16.4. The number of fused-ring (bicyclic) bond motifs is 5. The van der Waals surface area contributed by atoms with Gasteiger partial charge in [-0.3, -0.25) is 4.79 Å². The summed E-state index contributed by atoms with van der Waals surface area (Å²) in [7, 11) is 0. The highest BCUT2D eigenvalue weighted by Crippen LogP contribution is 2.68. The van der Waals surface area contributed by atoms with Crippen LogP contribution in [0.2, 0.25) is 0 Å². The first kappa shape index (κ1) is 28.2. The molecule has 36 heavy (non-hydrogen) atoms. The molecular weight excluding hydrogens is 460 g/mol. The van der Waals surface area contributed by atoms with E-state index in [1.54, 1.807) is 26.8 Å². The van der Waals surface area contributed by atoms with Gasteiger partial charge in [-0.15, -0.1) is 0 Å². The van der Waals surface area contributed by atoms with E-state index in [1.807, 2.05) is 20.8 Å². The summed E-state index contributed by atoms with van der Waals surface area (Å²) in [6.07, 6.45) is 2.42. The van der Waals surface area contributed by atoms with Crippen LogP contribution in [0.25, 0.3) is 0 Å². The summed E-state index contributed by atoms with van der Waals surface area (Å²) in [5.41, 5.74) is -4.34. The van der Waals surface area contributed by atoms with Crippen molar-refractivity contribution >= 4 is 5.78 Å². The van der Waals surface area contributed by atoms with Crippen LogP contribution in [0, 0.1) is 34.5 Å². The standard InChI is InChI=1S/C29H48O7/c1-7-16(25(2,3)34)12-24(33)28(6,35)23-9-11-29(36)18-13-20(30)19-14-21(31)22(32)15-26(19,4)17(18)8-10-27(23,29)5/h13,16-17,19,21-24,31-36H,7-12,14-15H2,1-6H3/t16?,17?,19-,21+,22-,23?,24?,26+,27+,28+,29?/m0/s1. The minimum Gasteiger partial charge on any atom is -0.390 e. The van der Waals surface area contributed by atoms with Gasteiger partial charge in [-0.25, -0.2) is 0 Å². The summed E-state index contributed by atoms with van der Waals surface area (Å²) in [6.45, 7) is 11.1. The maximum atomic E-state index is 13.3. The number of rotatable bonds is 6. The normalized spacial score (nSPS) is 46.2. The van der Waals surface area contributed by atoms with Crippen LogP contribution in [-0.2, 0) is 4.79 Å². The van der Waals surface area contributed by atoms with Crippen molar-refractivity contribution in [3.8, 4) is 0 Å². The molecule has 0 spiro atoms. The summed E-state index contributed by atoms with van der Waals surface area (Å²) in [6, 6.07) is 0. The van der Waals surface area contributed by atoms with Gasteiger partial charge < -0.3 is 30.6 Å². The van der Waals surface area contributed by atoms with Crippen molar-refractivity contribution in [2.75, 3.05) is 0 Å². The highest BCUT2D eigenvalue weighted by Gasteiger charge is 2.69. The SMILES string of the molecule is CCC(CC(O)[C@](C)(O)C1CCC2(O)C3=CC(=O)[C@@H]4C[C@@H](O)[C@@H](O)C[C@]4(C)C3CC[C@]12C)C(C)(C)O. The fraction of sp³-hybridized carbons (Fsp3) is 0.897. The maximum absolute atomic E-state index is 13.3.